The van der Waals surface area contributed by atoms with Crippen LogP contribution < -0.4 is 9.38 Å². The summed E-state index contributed by atoms with van der Waals surface area (Å²) in [6.07, 6.45) is 6.46. The zero-order valence-corrected chi connectivity index (χ0v) is 14.3. The normalized spacial score (nSPS) is 26.0. The van der Waals surface area contributed by atoms with Crippen molar-refractivity contribution in [3.05, 3.63) is 30.0 Å². The van der Waals surface area contributed by atoms with E-state index in [-0.39, 0.29) is 17.2 Å². The molecule has 0 aromatic carbocycles. The van der Waals surface area contributed by atoms with Gasteiger partial charge in [0.25, 0.3) is 0 Å². The van der Waals surface area contributed by atoms with Crippen LogP contribution in [0, 0.1) is 5.92 Å². The molecule has 0 radical (unpaired) electrons. The van der Waals surface area contributed by atoms with Crippen LogP contribution in [-0.2, 0) is 10.0 Å². The Bertz CT molecular complexity index is 976. The molecule has 0 atom stereocenters. The predicted octanol–water partition coefficient (Wildman–Crippen LogP) is 1.22. The van der Waals surface area contributed by atoms with Crippen molar-refractivity contribution >= 4 is 33.7 Å². The van der Waals surface area contributed by atoms with Gasteiger partial charge in [0.15, 0.2) is 0 Å². The topological polar surface area (TPSA) is 104 Å². The lowest BCUT2D eigenvalue weighted by atomic mass is 9.68. The Labute approximate surface area is 145 Å². The number of aromatic amines is 1. The van der Waals surface area contributed by atoms with Crippen molar-refractivity contribution in [3.63, 3.8) is 0 Å². The summed E-state index contributed by atoms with van der Waals surface area (Å²) in [5, 5.41) is 10.8. The van der Waals surface area contributed by atoms with Gasteiger partial charge in [0, 0.05) is 23.2 Å². The number of rotatable bonds is 4. The second-order valence-corrected chi connectivity index (χ2v) is 9.09. The first-order valence-corrected chi connectivity index (χ1v) is 10.1. The predicted molar refractivity (Wildman–Crippen MR) is 94.3 cm³/mol. The van der Waals surface area contributed by atoms with E-state index >= 15 is 0 Å². The molecule has 1 aliphatic heterocycles. The minimum absolute atomic E-state index is 0.0245. The van der Waals surface area contributed by atoms with Gasteiger partial charge in [-0.1, -0.05) is 0 Å². The highest BCUT2D eigenvalue weighted by Gasteiger charge is 2.42. The van der Waals surface area contributed by atoms with Crippen LogP contribution >= 0.6 is 0 Å². The summed E-state index contributed by atoms with van der Waals surface area (Å²) in [7, 11) is -4.15. The average Bonchev–Trinajstić information content (AvgIpc) is 3.29. The molecule has 0 bridgehead atoms. The third-order valence-corrected chi connectivity index (χ3v) is 7.29. The zero-order valence-electron chi connectivity index (χ0n) is 13.5. The quantitative estimate of drug-likeness (QED) is 0.712. The van der Waals surface area contributed by atoms with Gasteiger partial charge in [-0.15, -0.1) is 0 Å². The molecule has 7 nitrogen and oxygen atoms in total. The van der Waals surface area contributed by atoms with Crippen molar-refractivity contribution < 1.29 is 18.1 Å². The summed E-state index contributed by atoms with van der Waals surface area (Å²) in [4.78, 5) is 7.39. The van der Waals surface area contributed by atoms with Crippen LogP contribution in [0.15, 0.2) is 24.4 Å². The Kier molecular flexibility index (Phi) is 3.29. The number of aromatic nitrogens is 2. The fourth-order valence-electron chi connectivity index (χ4n) is 3.79. The Hall–Kier alpha value is -1.84. The first-order chi connectivity index (χ1) is 12.0. The molecule has 2 saturated carbocycles. The lowest BCUT2D eigenvalue weighted by Gasteiger charge is -2.39. The van der Waals surface area contributed by atoms with Gasteiger partial charge < -0.3 is 14.7 Å². The van der Waals surface area contributed by atoms with E-state index in [0.717, 1.165) is 47.9 Å². The molecule has 0 unspecified atom stereocenters. The summed E-state index contributed by atoms with van der Waals surface area (Å²) in [6, 6.07) is 1.92. The Morgan fingerprint density at radius 2 is 2.16 bits per heavy atom. The van der Waals surface area contributed by atoms with Crippen LogP contribution in [0.2, 0.25) is 0 Å². The largest absolute Gasteiger partial charge is 0.552 e. The molecule has 3 aliphatic rings. The van der Waals surface area contributed by atoms with Crippen LogP contribution in [0.4, 0.5) is 0 Å². The van der Waals surface area contributed by atoms with Crippen LogP contribution in [-0.4, -0.2) is 41.8 Å². The van der Waals surface area contributed by atoms with E-state index in [2.05, 4.69) is 14.7 Å². The molecular weight excluding hydrogens is 341 g/mol. The van der Waals surface area contributed by atoms with Crippen LogP contribution in [0.25, 0.3) is 16.6 Å². The average molecular weight is 359 g/mol. The highest BCUT2D eigenvalue weighted by Crippen LogP contribution is 2.46. The van der Waals surface area contributed by atoms with Crippen molar-refractivity contribution in [1.29, 1.82) is 0 Å². The van der Waals surface area contributed by atoms with E-state index in [0.29, 0.717) is 5.75 Å². The fraction of sp³-hybridized carbons (Fsp3) is 0.438. The van der Waals surface area contributed by atoms with Crippen LogP contribution in [0.5, 0.6) is 5.75 Å². The van der Waals surface area contributed by atoms with E-state index < -0.39 is 17.1 Å². The van der Waals surface area contributed by atoms with Gasteiger partial charge in [-0.25, -0.2) is 18.1 Å². The number of hydrogen-bond donors (Lipinski definition) is 3. The van der Waals surface area contributed by atoms with Crippen LogP contribution in [0.1, 0.15) is 31.2 Å². The second-order valence-electron chi connectivity index (χ2n) is 7.10. The van der Waals surface area contributed by atoms with Crippen LogP contribution in [0.3, 0.4) is 0 Å². The van der Waals surface area contributed by atoms with Crippen molar-refractivity contribution in [3.8, 4) is 5.75 Å². The number of nitrogens with one attached hydrogen (secondary N) is 2. The number of nitrogens with zero attached hydrogens (tertiary/aromatic N) is 1. The third kappa shape index (κ3) is 2.57. The standard InChI is InChI=1S/C16H18BN3O4S/c21-17-7-13(9-5-10(6-9)20-25(22,23)11-1-2-11)15-12-3-4-18-16(12)19-8-14(15)24-17/h3-4,7-11,20-21H,1-2,5-6H2,(H,18,19)/t9-,10-. The Balaban J connectivity index is 1.41. The third-order valence-electron chi connectivity index (χ3n) is 5.28. The highest BCUT2D eigenvalue weighted by molar-refractivity contribution is 7.90. The molecule has 0 spiro atoms. The highest BCUT2D eigenvalue weighted by atomic mass is 32.2. The maximum absolute atomic E-state index is 12.1. The number of fused-ring (bicyclic) bond motifs is 3. The minimum Gasteiger partial charge on any atom is -0.531 e. The smallest absolute Gasteiger partial charge is 0.531 e. The molecule has 130 valence electrons. The molecule has 9 heteroatoms. The molecule has 0 amide bonds. The monoisotopic (exact) mass is 359 g/mol. The molecule has 3 N–H and O–H groups in total. The molecule has 2 aliphatic carbocycles. The van der Waals surface area contributed by atoms with Crippen molar-refractivity contribution in [2.24, 2.45) is 5.92 Å². The van der Waals surface area contributed by atoms with Gasteiger partial charge in [-0.3, -0.25) is 0 Å². The van der Waals surface area contributed by atoms with E-state index in [4.69, 9.17) is 4.65 Å². The summed E-state index contributed by atoms with van der Waals surface area (Å²) in [6.45, 7) is 0. The maximum Gasteiger partial charge on any atom is 0.552 e. The second kappa shape index (κ2) is 5.33. The summed E-state index contributed by atoms with van der Waals surface area (Å²) in [5.74, 6) is 2.49. The fourth-order valence-corrected chi connectivity index (χ4v) is 5.40. The van der Waals surface area contributed by atoms with E-state index in [1.54, 1.807) is 12.2 Å². The van der Waals surface area contributed by atoms with E-state index in [1.807, 2.05) is 12.3 Å². The van der Waals surface area contributed by atoms with Gasteiger partial charge in [-0.2, -0.15) is 0 Å². The lowest BCUT2D eigenvalue weighted by molar-refractivity contribution is 0.308. The molecule has 2 fully saturated rings. The number of sulfonamides is 1. The van der Waals surface area contributed by atoms with Gasteiger partial charge in [0.2, 0.25) is 10.0 Å². The van der Waals surface area contributed by atoms with Crippen molar-refractivity contribution in [2.45, 2.75) is 37.0 Å². The number of hydrogen-bond acceptors (Lipinski definition) is 5. The van der Waals surface area contributed by atoms with E-state index in [9.17, 15) is 13.4 Å². The minimum atomic E-state index is -3.16. The summed E-state index contributed by atoms with van der Waals surface area (Å²) in [5.41, 5.74) is 2.74. The van der Waals surface area contributed by atoms with Gasteiger partial charge >= 0.3 is 7.12 Å². The summed E-state index contributed by atoms with van der Waals surface area (Å²) < 4.78 is 32.5. The number of H-pyrrole nitrogens is 1. The van der Waals surface area contributed by atoms with Gasteiger partial charge in [0.05, 0.1) is 11.4 Å². The number of allylic oxidation sites excluding steroid dienone is 1. The molecule has 5 rings (SSSR count). The Morgan fingerprint density at radius 1 is 1.36 bits per heavy atom. The number of pyridine rings is 1. The molecule has 0 saturated heterocycles. The van der Waals surface area contributed by atoms with Crippen molar-refractivity contribution in [2.75, 3.05) is 0 Å². The molecule has 2 aromatic rings. The first-order valence-electron chi connectivity index (χ1n) is 8.55. The Morgan fingerprint density at radius 3 is 2.92 bits per heavy atom. The SMILES string of the molecule is O=S(=O)(N[C@H]1C[C@H](C2=CB(O)Oc3cnc4[nH]ccc4c32)C1)C1CC1. The van der Waals surface area contributed by atoms with E-state index in [1.165, 1.54) is 0 Å². The maximum atomic E-state index is 12.1. The summed E-state index contributed by atoms with van der Waals surface area (Å²) >= 11 is 0. The van der Waals surface area contributed by atoms with Crippen molar-refractivity contribution in [1.82, 2.24) is 14.7 Å². The lowest BCUT2D eigenvalue weighted by Crippen LogP contribution is -2.46. The molecule has 3 heterocycles. The molecule has 25 heavy (non-hydrogen) atoms. The zero-order chi connectivity index (χ0) is 17.2. The molecular formula is C16H18BN3O4S. The van der Waals surface area contributed by atoms with Gasteiger partial charge in [-0.05, 0) is 49.2 Å². The molecule has 2 aromatic heterocycles. The first kappa shape index (κ1) is 15.4. The van der Waals surface area contributed by atoms with Gasteiger partial charge in [0.1, 0.15) is 11.4 Å².